The van der Waals surface area contributed by atoms with E-state index in [0.29, 0.717) is 17.5 Å². The molecule has 1 aromatic heterocycles. The second-order valence-electron chi connectivity index (χ2n) is 5.97. The van der Waals surface area contributed by atoms with Crippen molar-refractivity contribution in [2.75, 3.05) is 33.1 Å². The fourth-order valence-corrected chi connectivity index (χ4v) is 2.87. The number of rotatable bonds is 7. The topological polar surface area (TPSA) is 72.7 Å². The van der Waals surface area contributed by atoms with Gasteiger partial charge in [0.2, 0.25) is 0 Å². The Kier molecular flexibility index (Phi) is 8.37. The maximum atomic E-state index is 5.33. The molecule has 0 atom stereocenters. The van der Waals surface area contributed by atoms with Gasteiger partial charge in [0.1, 0.15) is 0 Å². The highest BCUT2D eigenvalue weighted by Crippen LogP contribution is 2.29. The zero-order valence-electron chi connectivity index (χ0n) is 16.3. The van der Waals surface area contributed by atoms with Gasteiger partial charge < -0.3 is 24.7 Å². The maximum Gasteiger partial charge on any atom is 0.195 e. The number of aryl methyl sites for hydroxylation is 1. The Labute approximate surface area is 182 Å². The highest BCUT2D eigenvalue weighted by atomic mass is 127. The molecule has 28 heavy (non-hydrogen) atoms. The summed E-state index contributed by atoms with van der Waals surface area (Å²) >= 11 is 0. The number of nitrogens with one attached hydrogen (secondary N) is 2. The van der Waals surface area contributed by atoms with Crippen molar-refractivity contribution in [1.82, 2.24) is 14.9 Å². The predicted octanol–water partition coefficient (Wildman–Crippen LogP) is 3.75. The second kappa shape index (κ2) is 10.7. The molecule has 1 heterocycles. The number of hydrogen-bond acceptors (Lipinski definition) is 4. The third-order valence-corrected chi connectivity index (χ3v) is 4.27. The summed E-state index contributed by atoms with van der Waals surface area (Å²) in [4.78, 5) is 8.69. The van der Waals surface area contributed by atoms with Crippen LogP contribution in [0.25, 0.3) is 11.0 Å². The summed E-state index contributed by atoms with van der Waals surface area (Å²) in [5, 5.41) is 6.59. The van der Waals surface area contributed by atoms with E-state index in [9.17, 15) is 0 Å². The van der Waals surface area contributed by atoms with Crippen molar-refractivity contribution in [2.45, 2.75) is 13.0 Å². The van der Waals surface area contributed by atoms with Gasteiger partial charge in [0.25, 0.3) is 0 Å². The highest BCUT2D eigenvalue weighted by Gasteiger charge is 2.06. The van der Waals surface area contributed by atoms with Crippen LogP contribution in [-0.2, 0) is 6.54 Å². The van der Waals surface area contributed by atoms with Crippen molar-refractivity contribution in [3.05, 3.63) is 48.8 Å². The first-order valence-electron chi connectivity index (χ1n) is 8.84. The number of benzene rings is 2. The number of nitrogens with zero attached hydrogens (tertiary/aromatic N) is 3. The number of ether oxygens (including phenoxy) is 2. The lowest BCUT2D eigenvalue weighted by atomic mass is 10.2. The average molecular weight is 495 g/mol. The van der Waals surface area contributed by atoms with Crippen LogP contribution in [0.3, 0.4) is 0 Å². The number of hydrogen-bond donors (Lipinski definition) is 2. The summed E-state index contributed by atoms with van der Waals surface area (Å²) in [5.41, 5.74) is 3.06. The summed E-state index contributed by atoms with van der Waals surface area (Å²) in [6, 6.07) is 13.8. The molecular formula is C20H26IN5O2. The lowest BCUT2D eigenvalue weighted by Gasteiger charge is -2.14. The number of fused-ring (bicyclic) bond motifs is 1. The van der Waals surface area contributed by atoms with Crippen LogP contribution in [0.5, 0.6) is 11.5 Å². The lowest BCUT2D eigenvalue weighted by molar-refractivity contribution is 0.355. The standard InChI is InChI=1S/C20H25N5O2.HI/c1-21-20(24-15-9-10-18(26-2)19(13-15)27-3)22-11-6-12-25-14-23-16-7-4-5-8-17(16)25;/h4-5,7-10,13-14H,6,11-12H2,1-3H3,(H2,21,22,24);1H. The van der Waals surface area contributed by atoms with Crippen molar-refractivity contribution in [2.24, 2.45) is 4.99 Å². The molecule has 0 aliphatic rings. The number of guanidine groups is 1. The highest BCUT2D eigenvalue weighted by molar-refractivity contribution is 14.0. The average Bonchev–Trinajstić information content (AvgIpc) is 3.13. The van der Waals surface area contributed by atoms with Crippen molar-refractivity contribution < 1.29 is 9.47 Å². The molecule has 3 rings (SSSR count). The molecular weight excluding hydrogens is 469 g/mol. The quantitative estimate of drug-likeness (QED) is 0.226. The Hall–Kier alpha value is -2.49. The molecule has 7 nitrogen and oxygen atoms in total. The van der Waals surface area contributed by atoms with E-state index in [1.54, 1.807) is 21.3 Å². The smallest absolute Gasteiger partial charge is 0.195 e. The summed E-state index contributed by atoms with van der Waals surface area (Å²) in [7, 11) is 4.99. The van der Waals surface area contributed by atoms with E-state index < -0.39 is 0 Å². The molecule has 0 saturated heterocycles. The van der Waals surface area contributed by atoms with Gasteiger partial charge in [0, 0.05) is 31.9 Å². The van der Waals surface area contributed by atoms with Crippen LogP contribution < -0.4 is 20.1 Å². The molecule has 0 saturated carbocycles. The van der Waals surface area contributed by atoms with Gasteiger partial charge >= 0.3 is 0 Å². The molecule has 0 bridgehead atoms. The molecule has 0 unspecified atom stereocenters. The Balaban J connectivity index is 0.00000280. The van der Waals surface area contributed by atoms with E-state index in [4.69, 9.17) is 9.47 Å². The molecule has 150 valence electrons. The SMILES string of the molecule is CN=C(NCCCn1cnc2ccccc21)Nc1ccc(OC)c(OC)c1.I. The van der Waals surface area contributed by atoms with Crippen LogP contribution in [0.2, 0.25) is 0 Å². The minimum Gasteiger partial charge on any atom is -0.493 e. The number of imidazole rings is 1. The van der Waals surface area contributed by atoms with Crippen molar-refractivity contribution in [3.8, 4) is 11.5 Å². The molecule has 8 heteroatoms. The number of anilines is 1. The Morgan fingerprint density at radius 1 is 1.11 bits per heavy atom. The summed E-state index contributed by atoms with van der Waals surface area (Å²) in [6.45, 7) is 1.68. The van der Waals surface area contributed by atoms with E-state index in [2.05, 4.69) is 31.2 Å². The molecule has 0 fully saturated rings. The Morgan fingerprint density at radius 2 is 1.89 bits per heavy atom. The second-order valence-corrected chi connectivity index (χ2v) is 5.97. The predicted molar refractivity (Wildman–Crippen MR) is 124 cm³/mol. The Morgan fingerprint density at radius 3 is 2.64 bits per heavy atom. The number of methoxy groups -OCH3 is 2. The van der Waals surface area contributed by atoms with Gasteiger partial charge in [-0.05, 0) is 30.7 Å². The van der Waals surface area contributed by atoms with E-state index in [0.717, 1.165) is 36.2 Å². The van der Waals surface area contributed by atoms with E-state index in [1.165, 1.54) is 0 Å². The van der Waals surface area contributed by atoms with E-state index in [1.807, 2.05) is 42.7 Å². The number of para-hydroxylation sites is 2. The van der Waals surface area contributed by atoms with E-state index in [-0.39, 0.29) is 24.0 Å². The molecule has 0 aliphatic heterocycles. The zero-order valence-corrected chi connectivity index (χ0v) is 18.6. The number of aliphatic imine (C=N–C) groups is 1. The van der Waals surface area contributed by atoms with Gasteiger partial charge in [-0.2, -0.15) is 0 Å². The maximum absolute atomic E-state index is 5.33. The number of aromatic nitrogens is 2. The molecule has 0 spiro atoms. The molecule has 2 aromatic carbocycles. The van der Waals surface area contributed by atoms with Crippen LogP contribution in [0.4, 0.5) is 5.69 Å². The first kappa shape index (κ1) is 21.8. The van der Waals surface area contributed by atoms with Crippen LogP contribution in [-0.4, -0.2) is 43.3 Å². The molecule has 0 aliphatic carbocycles. The monoisotopic (exact) mass is 495 g/mol. The van der Waals surface area contributed by atoms with Gasteiger partial charge in [-0.1, -0.05) is 12.1 Å². The first-order chi connectivity index (χ1) is 13.2. The van der Waals surface area contributed by atoms with Gasteiger partial charge in [-0.25, -0.2) is 4.98 Å². The lowest BCUT2D eigenvalue weighted by Crippen LogP contribution is -2.31. The fraction of sp³-hybridized carbons (Fsp3) is 0.300. The van der Waals surface area contributed by atoms with Crippen LogP contribution in [0.15, 0.2) is 53.8 Å². The van der Waals surface area contributed by atoms with Gasteiger partial charge in [0.05, 0.1) is 31.6 Å². The molecule has 0 radical (unpaired) electrons. The van der Waals surface area contributed by atoms with Gasteiger partial charge in [0.15, 0.2) is 17.5 Å². The summed E-state index contributed by atoms with van der Waals surface area (Å²) in [6.07, 6.45) is 2.84. The van der Waals surface area contributed by atoms with Crippen LogP contribution >= 0.6 is 24.0 Å². The molecule has 3 aromatic rings. The number of halogens is 1. The summed E-state index contributed by atoms with van der Waals surface area (Å²) < 4.78 is 12.8. The van der Waals surface area contributed by atoms with Gasteiger partial charge in [-0.15, -0.1) is 24.0 Å². The van der Waals surface area contributed by atoms with Crippen molar-refractivity contribution in [3.63, 3.8) is 0 Å². The van der Waals surface area contributed by atoms with Crippen molar-refractivity contribution in [1.29, 1.82) is 0 Å². The minimum atomic E-state index is 0. The third kappa shape index (κ3) is 5.28. The first-order valence-corrected chi connectivity index (χ1v) is 8.84. The van der Waals surface area contributed by atoms with Gasteiger partial charge in [-0.3, -0.25) is 4.99 Å². The minimum absolute atomic E-state index is 0. The van der Waals surface area contributed by atoms with Crippen LogP contribution in [0.1, 0.15) is 6.42 Å². The third-order valence-electron chi connectivity index (χ3n) is 4.27. The summed E-state index contributed by atoms with van der Waals surface area (Å²) in [5.74, 6) is 2.07. The largest absolute Gasteiger partial charge is 0.493 e. The molecule has 0 amide bonds. The van der Waals surface area contributed by atoms with Crippen LogP contribution in [0, 0.1) is 0 Å². The normalized spacial score (nSPS) is 11.0. The Bertz CT molecular complexity index is 926. The van der Waals surface area contributed by atoms with Crippen molar-refractivity contribution >= 4 is 46.7 Å². The van der Waals surface area contributed by atoms with E-state index >= 15 is 0 Å². The fourth-order valence-electron chi connectivity index (χ4n) is 2.87. The zero-order chi connectivity index (χ0) is 19.1. The molecule has 2 N–H and O–H groups in total.